The Bertz CT molecular complexity index is 1390. The van der Waals surface area contributed by atoms with Gasteiger partial charge in [0.2, 0.25) is 11.2 Å². The molecule has 13 heteroatoms. The molecular formula is C22H23FN8O3S. The van der Waals surface area contributed by atoms with Crippen molar-refractivity contribution in [3.8, 4) is 22.9 Å². The number of nitrogens with two attached hydrogens (primary N) is 1. The van der Waals surface area contributed by atoms with E-state index in [1.807, 2.05) is 13.8 Å². The summed E-state index contributed by atoms with van der Waals surface area (Å²) in [4.78, 5) is 16.9. The number of fused-ring (bicyclic) bond motifs is 7. The fraction of sp³-hybridized carbons (Fsp3) is 0.273. The van der Waals surface area contributed by atoms with Crippen LogP contribution in [0.5, 0.6) is 5.75 Å². The van der Waals surface area contributed by atoms with Crippen LogP contribution in [0.3, 0.4) is 0 Å². The average molecular weight is 499 g/mol. The number of hydrogen-bond acceptors (Lipinski definition) is 7. The Morgan fingerprint density at radius 3 is 2.80 bits per heavy atom. The Labute approximate surface area is 203 Å². The summed E-state index contributed by atoms with van der Waals surface area (Å²) < 4.78 is 38.1. The summed E-state index contributed by atoms with van der Waals surface area (Å²) in [6.07, 6.45) is 0.723. The Kier molecular flexibility index (Phi) is 6.31. The topological polar surface area (TPSA) is 142 Å². The number of ether oxygens (including phenoxy) is 1. The zero-order valence-electron chi connectivity index (χ0n) is 19.4. The Morgan fingerprint density at radius 2 is 2.09 bits per heavy atom. The monoisotopic (exact) mass is 498 g/mol. The van der Waals surface area contributed by atoms with Gasteiger partial charge in [-0.2, -0.15) is 14.8 Å². The van der Waals surface area contributed by atoms with Gasteiger partial charge in [0.25, 0.3) is 0 Å². The lowest BCUT2D eigenvalue weighted by Crippen LogP contribution is -2.39. The number of rotatable bonds is 0. The van der Waals surface area contributed by atoms with Crippen molar-refractivity contribution in [2.45, 2.75) is 33.4 Å². The molecule has 2 aliphatic rings. The molecule has 2 aromatic heterocycles. The summed E-state index contributed by atoms with van der Waals surface area (Å²) in [5, 5.41) is 15.4. The number of hydrogen-bond donors (Lipinski definition) is 2. The minimum Gasteiger partial charge on any atom is -0.482 e. The van der Waals surface area contributed by atoms with Crippen LogP contribution in [0.4, 0.5) is 20.7 Å². The smallest absolute Gasteiger partial charge is 0.350 e. The van der Waals surface area contributed by atoms with E-state index in [9.17, 15) is 18.7 Å². The molecule has 0 spiro atoms. The highest BCUT2D eigenvalue weighted by Crippen LogP contribution is 2.39. The minimum atomic E-state index is -1.98. The van der Waals surface area contributed by atoms with Crippen LogP contribution in [0.15, 0.2) is 30.5 Å². The first kappa shape index (κ1) is 24.0. The maximum Gasteiger partial charge on any atom is 0.350 e. The lowest BCUT2D eigenvalue weighted by atomic mass is 10.0. The van der Waals surface area contributed by atoms with Crippen molar-refractivity contribution in [2.75, 3.05) is 10.1 Å². The van der Waals surface area contributed by atoms with Crippen molar-refractivity contribution in [1.29, 1.82) is 5.26 Å². The van der Waals surface area contributed by atoms with Gasteiger partial charge in [0.05, 0.1) is 17.9 Å². The Hall–Kier alpha value is -4.18. The number of nitrogens with one attached hydrogen (secondary N) is 1. The summed E-state index contributed by atoms with van der Waals surface area (Å²) >= 11 is -1.98. The summed E-state index contributed by atoms with van der Waals surface area (Å²) in [6, 6.07) is 6.97. The first-order valence-corrected chi connectivity index (χ1v) is 11.9. The molecule has 0 saturated carbocycles. The summed E-state index contributed by atoms with van der Waals surface area (Å²) in [5.41, 5.74) is 8.21. The number of benzene rings is 1. The molecule has 0 radical (unpaired) electrons. The quantitative estimate of drug-likeness (QED) is 0.485. The van der Waals surface area contributed by atoms with E-state index in [2.05, 4.69) is 20.9 Å². The summed E-state index contributed by atoms with van der Waals surface area (Å²) in [5.74, 6) is -0.200. The number of aryl methyl sites for hydroxylation is 1. The molecule has 2 aliphatic heterocycles. The lowest BCUT2D eigenvalue weighted by Gasteiger charge is -2.29. The van der Waals surface area contributed by atoms with Crippen molar-refractivity contribution >= 4 is 28.7 Å². The molecule has 1 saturated heterocycles. The molecule has 2 unspecified atom stereocenters. The third kappa shape index (κ3) is 4.01. The van der Waals surface area contributed by atoms with E-state index in [4.69, 9.17) is 10.5 Å². The number of nitrogens with zero attached hydrogens (tertiary/aromatic N) is 6. The fourth-order valence-electron chi connectivity index (χ4n) is 3.93. The number of hydrazine groups is 1. The zero-order valence-corrected chi connectivity index (χ0v) is 20.3. The molecule has 0 aliphatic carbocycles. The Balaban J connectivity index is 0.00000141. The first-order chi connectivity index (χ1) is 16.8. The number of anilines is 2. The van der Waals surface area contributed by atoms with E-state index in [1.165, 1.54) is 38.5 Å². The van der Waals surface area contributed by atoms with Crippen molar-refractivity contribution < 1.29 is 18.1 Å². The highest BCUT2D eigenvalue weighted by atomic mass is 32.2. The van der Waals surface area contributed by atoms with Gasteiger partial charge in [-0.05, 0) is 31.2 Å². The van der Waals surface area contributed by atoms with E-state index in [0.29, 0.717) is 28.1 Å². The van der Waals surface area contributed by atoms with Crippen molar-refractivity contribution in [1.82, 2.24) is 24.5 Å². The van der Waals surface area contributed by atoms with Crippen LogP contribution >= 0.6 is 0 Å². The van der Waals surface area contributed by atoms with Crippen LogP contribution in [0, 0.1) is 17.1 Å². The second kappa shape index (κ2) is 9.22. The van der Waals surface area contributed by atoms with E-state index in [-0.39, 0.29) is 23.8 Å². The van der Waals surface area contributed by atoms with Crippen LogP contribution in [0.1, 0.15) is 43.8 Å². The SMILES string of the molecule is CC.CC1Oc2cc(cnc2N)-c2c(nn(C)c2C#N)CN2C(=O)NS(=O)N2c2ccc(F)cc21. The summed E-state index contributed by atoms with van der Waals surface area (Å²) in [7, 11) is 1.60. The molecular weight excluding hydrogens is 475 g/mol. The largest absolute Gasteiger partial charge is 0.482 e. The number of amides is 2. The van der Waals surface area contributed by atoms with Gasteiger partial charge in [0.15, 0.2) is 11.6 Å². The predicted octanol–water partition coefficient (Wildman–Crippen LogP) is 3.08. The number of carbonyl (C=O) groups excluding carboxylic acids is 1. The average Bonchev–Trinajstić information content (AvgIpc) is 3.30. The van der Waals surface area contributed by atoms with Crippen LogP contribution in [0.25, 0.3) is 11.1 Å². The van der Waals surface area contributed by atoms with Gasteiger partial charge in [0, 0.05) is 29.9 Å². The second-order valence-electron chi connectivity index (χ2n) is 7.46. The van der Waals surface area contributed by atoms with E-state index in [0.717, 1.165) is 0 Å². The number of nitrogen functional groups attached to an aromatic ring is 1. The third-order valence-corrected chi connectivity index (χ3v) is 6.48. The van der Waals surface area contributed by atoms with Gasteiger partial charge in [0.1, 0.15) is 23.7 Å². The van der Waals surface area contributed by atoms with Crippen molar-refractivity contribution in [2.24, 2.45) is 7.05 Å². The normalized spacial score (nSPS) is 18.3. The van der Waals surface area contributed by atoms with E-state index >= 15 is 0 Å². The molecule has 2 atom stereocenters. The van der Waals surface area contributed by atoms with Gasteiger partial charge >= 0.3 is 6.03 Å². The van der Waals surface area contributed by atoms with Crippen LogP contribution < -0.4 is 19.6 Å². The molecule has 3 aromatic rings. The summed E-state index contributed by atoms with van der Waals surface area (Å²) in [6.45, 7) is 5.55. The minimum absolute atomic E-state index is 0.104. The number of urea groups is 1. The van der Waals surface area contributed by atoms with Crippen LogP contribution in [-0.2, 0) is 24.8 Å². The third-order valence-electron chi connectivity index (χ3n) is 5.42. The van der Waals surface area contributed by atoms with Crippen LogP contribution in [-0.4, -0.2) is 30.0 Å². The molecule has 2 bridgehead atoms. The molecule has 1 fully saturated rings. The molecule has 1 aromatic carbocycles. The second-order valence-corrected chi connectivity index (χ2v) is 8.51. The predicted molar refractivity (Wildman–Crippen MR) is 127 cm³/mol. The van der Waals surface area contributed by atoms with Gasteiger partial charge in [-0.3, -0.25) is 4.68 Å². The fourth-order valence-corrected chi connectivity index (χ4v) is 4.92. The van der Waals surface area contributed by atoms with E-state index in [1.54, 1.807) is 20.0 Å². The molecule has 2 amide bonds. The van der Waals surface area contributed by atoms with Gasteiger partial charge in [-0.25, -0.2) is 28.1 Å². The molecule has 4 heterocycles. The number of nitriles is 1. The van der Waals surface area contributed by atoms with Gasteiger partial charge < -0.3 is 10.5 Å². The van der Waals surface area contributed by atoms with Gasteiger partial charge in [-0.15, -0.1) is 0 Å². The number of pyridine rings is 1. The van der Waals surface area contributed by atoms with Crippen LogP contribution in [0.2, 0.25) is 0 Å². The maximum atomic E-state index is 14.2. The zero-order chi connectivity index (χ0) is 25.4. The van der Waals surface area contributed by atoms with Crippen molar-refractivity contribution in [3.05, 3.63) is 53.2 Å². The maximum absolute atomic E-state index is 14.2. The highest BCUT2D eigenvalue weighted by molar-refractivity contribution is 7.85. The molecule has 182 valence electrons. The molecule has 35 heavy (non-hydrogen) atoms. The molecule has 3 N–H and O–H groups in total. The van der Waals surface area contributed by atoms with Gasteiger partial charge in [-0.1, -0.05) is 13.8 Å². The molecule has 5 rings (SSSR count). The number of carbonyl (C=O) groups is 1. The van der Waals surface area contributed by atoms with Crippen molar-refractivity contribution in [3.63, 3.8) is 0 Å². The highest BCUT2D eigenvalue weighted by Gasteiger charge is 2.39. The lowest BCUT2D eigenvalue weighted by molar-refractivity contribution is 0.208. The molecule has 11 nitrogen and oxygen atoms in total. The van der Waals surface area contributed by atoms with E-state index < -0.39 is 29.1 Å². The number of aromatic nitrogens is 3. The standard InChI is InChI=1S/C20H17FN8O3S.C2H6/c1-10-13-6-12(21)3-4-15(13)29-28(20(30)26-33(29)31)9-14-18(16(7-22)27(2)25-14)11-5-17(32-10)19(23)24-8-11;1-2/h3-6,8,10H,9H2,1-2H3,(H2,23,24)(H,26,30);1-2H3. The number of halogens is 1. The first-order valence-electron chi connectivity index (χ1n) is 10.8. The Morgan fingerprint density at radius 1 is 1.34 bits per heavy atom.